The SMILES string of the molecule is CCNc1cc(C(=O)N[C@@H](Cc2cc(F)cc(F)c2)[C@@H](O)CNC2CCCCC2)cc(N2CCCCS2(O)O)c1. The van der Waals surface area contributed by atoms with E-state index in [0.717, 1.165) is 38.2 Å². The van der Waals surface area contributed by atoms with Gasteiger partial charge >= 0.3 is 0 Å². The van der Waals surface area contributed by atoms with Gasteiger partial charge in [0.05, 0.1) is 23.6 Å². The first kappa shape index (κ1) is 30.5. The summed E-state index contributed by atoms with van der Waals surface area (Å²) < 4.78 is 50.8. The van der Waals surface area contributed by atoms with Gasteiger partial charge < -0.3 is 21.1 Å². The highest BCUT2D eigenvalue weighted by molar-refractivity contribution is 8.25. The van der Waals surface area contributed by atoms with E-state index >= 15 is 0 Å². The molecular formula is C29H42F2N4O4S. The van der Waals surface area contributed by atoms with Crippen LogP contribution < -0.4 is 20.3 Å². The number of carbonyl (C=O) groups excluding carboxylic acids is 1. The predicted octanol–water partition coefficient (Wildman–Crippen LogP) is 5.29. The third kappa shape index (κ3) is 8.29. The van der Waals surface area contributed by atoms with Gasteiger partial charge in [0.25, 0.3) is 5.91 Å². The van der Waals surface area contributed by atoms with Crippen LogP contribution in [0.4, 0.5) is 20.2 Å². The Bertz CT molecular complexity index is 1130. The maximum atomic E-state index is 13.9. The van der Waals surface area contributed by atoms with Crippen LogP contribution in [-0.2, 0) is 6.42 Å². The zero-order valence-electron chi connectivity index (χ0n) is 23.0. The normalized spacial score (nSPS) is 20.0. The van der Waals surface area contributed by atoms with E-state index in [9.17, 15) is 27.8 Å². The summed E-state index contributed by atoms with van der Waals surface area (Å²) >= 11 is 0. The van der Waals surface area contributed by atoms with Crippen molar-refractivity contribution in [1.29, 1.82) is 0 Å². The van der Waals surface area contributed by atoms with E-state index in [0.29, 0.717) is 36.4 Å². The molecule has 1 aliphatic carbocycles. The van der Waals surface area contributed by atoms with Crippen LogP contribution in [0.5, 0.6) is 0 Å². The number of hydrogen-bond acceptors (Lipinski definition) is 7. The molecule has 1 heterocycles. The Balaban J connectivity index is 1.57. The van der Waals surface area contributed by atoms with Gasteiger partial charge in [0.1, 0.15) is 11.6 Å². The number of carbonyl (C=O) groups is 1. The summed E-state index contributed by atoms with van der Waals surface area (Å²) in [6.07, 6.45) is 6.03. The van der Waals surface area contributed by atoms with E-state index in [1.54, 1.807) is 22.5 Å². The van der Waals surface area contributed by atoms with Crippen molar-refractivity contribution in [2.24, 2.45) is 0 Å². The molecule has 2 aromatic carbocycles. The van der Waals surface area contributed by atoms with Crippen LogP contribution in [0.15, 0.2) is 36.4 Å². The summed E-state index contributed by atoms with van der Waals surface area (Å²) in [5.74, 6) is -1.66. The maximum absolute atomic E-state index is 13.9. The van der Waals surface area contributed by atoms with Gasteiger partial charge in [-0.25, -0.2) is 8.78 Å². The van der Waals surface area contributed by atoms with Crippen molar-refractivity contribution in [3.05, 3.63) is 59.2 Å². The average Bonchev–Trinajstić information content (AvgIpc) is 2.91. The van der Waals surface area contributed by atoms with Gasteiger partial charge in [0.15, 0.2) is 0 Å². The molecule has 2 aromatic rings. The summed E-state index contributed by atoms with van der Waals surface area (Å²) in [5, 5.41) is 20.6. The highest BCUT2D eigenvalue weighted by Crippen LogP contribution is 2.50. The number of anilines is 2. The lowest BCUT2D eigenvalue weighted by Gasteiger charge is -2.47. The van der Waals surface area contributed by atoms with Gasteiger partial charge in [-0.15, -0.1) is 10.8 Å². The van der Waals surface area contributed by atoms with Crippen molar-refractivity contribution < 1.29 is 27.8 Å². The number of benzene rings is 2. The molecule has 0 unspecified atom stereocenters. The minimum atomic E-state index is -3.00. The van der Waals surface area contributed by atoms with Gasteiger partial charge in [-0.1, -0.05) is 19.3 Å². The average molecular weight is 581 g/mol. The first-order valence-corrected chi connectivity index (χ1v) is 15.9. The molecule has 1 amide bonds. The van der Waals surface area contributed by atoms with Crippen LogP contribution in [0.25, 0.3) is 0 Å². The number of aliphatic hydroxyl groups is 1. The minimum absolute atomic E-state index is 0.0281. The number of nitrogens with zero attached hydrogens (tertiary/aromatic N) is 1. The highest BCUT2D eigenvalue weighted by atomic mass is 32.3. The molecule has 0 bridgehead atoms. The second-order valence-corrected chi connectivity index (χ2v) is 12.9. The fourth-order valence-corrected chi connectivity index (χ4v) is 7.23. The summed E-state index contributed by atoms with van der Waals surface area (Å²) in [6, 6.07) is 7.72. The van der Waals surface area contributed by atoms with Crippen LogP contribution in [0.2, 0.25) is 0 Å². The molecule has 6 N–H and O–H groups in total. The molecule has 222 valence electrons. The van der Waals surface area contributed by atoms with Crippen molar-refractivity contribution in [3.8, 4) is 0 Å². The molecule has 2 aliphatic rings. The van der Waals surface area contributed by atoms with Crippen LogP contribution in [0, 0.1) is 11.6 Å². The van der Waals surface area contributed by atoms with Crippen molar-refractivity contribution in [3.63, 3.8) is 0 Å². The van der Waals surface area contributed by atoms with Crippen molar-refractivity contribution >= 4 is 28.1 Å². The van der Waals surface area contributed by atoms with E-state index in [1.807, 2.05) is 6.92 Å². The third-order valence-corrected chi connectivity index (χ3v) is 9.55. The standard InChI is InChI=1S/C29H42F2N4O4S/c1-2-32-25-15-21(16-26(18-25)35-10-6-7-11-40(35,38)39)29(37)34-27(14-20-12-22(30)17-23(31)13-20)28(36)19-33-24-8-4-3-5-9-24/h12-13,15-18,24,27-28,32-33,36,38-39H,2-11,14,19H2,1H3,(H,34,37)/t27-,28-/m0/s1. The van der Waals surface area contributed by atoms with E-state index in [-0.39, 0.29) is 30.3 Å². The zero-order chi connectivity index (χ0) is 28.7. The lowest BCUT2D eigenvalue weighted by molar-refractivity contribution is 0.0821. The number of amides is 1. The van der Waals surface area contributed by atoms with Crippen molar-refractivity contribution in [1.82, 2.24) is 10.6 Å². The second-order valence-electron chi connectivity index (χ2n) is 10.8. The van der Waals surface area contributed by atoms with Crippen molar-refractivity contribution in [2.75, 3.05) is 35.0 Å². The molecule has 4 rings (SSSR count). The van der Waals surface area contributed by atoms with Crippen molar-refractivity contribution in [2.45, 2.75) is 76.5 Å². The Labute approximate surface area is 237 Å². The molecule has 1 saturated carbocycles. The second kappa shape index (κ2) is 14.0. The van der Waals surface area contributed by atoms with Gasteiger partial charge in [0, 0.05) is 43.0 Å². The first-order valence-electron chi connectivity index (χ1n) is 14.2. The van der Waals surface area contributed by atoms with Gasteiger partial charge in [0.2, 0.25) is 0 Å². The predicted molar refractivity (Wildman–Crippen MR) is 157 cm³/mol. The molecular weight excluding hydrogens is 538 g/mol. The largest absolute Gasteiger partial charge is 0.390 e. The van der Waals surface area contributed by atoms with E-state index in [4.69, 9.17) is 0 Å². The Morgan fingerprint density at radius 1 is 1.02 bits per heavy atom. The topological polar surface area (TPSA) is 117 Å². The fraction of sp³-hybridized carbons (Fsp3) is 0.552. The smallest absolute Gasteiger partial charge is 0.251 e. The van der Waals surface area contributed by atoms with E-state index in [1.165, 1.54) is 18.6 Å². The quantitative estimate of drug-likeness (QED) is 0.214. The zero-order valence-corrected chi connectivity index (χ0v) is 23.9. The molecule has 0 spiro atoms. The maximum Gasteiger partial charge on any atom is 0.251 e. The Hall–Kier alpha value is -2.44. The Morgan fingerprint density at radius 2 is 1.75 bits per heavy atom. The number of rotatable bonds is 11. The number of hydrogen-bond donors (Lipinski definition) is 6. The number of aliphatic hydroxyl groups excluding tert-OH is 1. The van der Waals surface area contributed by atoms with Gasteiger partial charge in [-0.3, -0.25) is 18.2 Å². The molecule has 0 aromatic heterocycles. The fourth-order valence-electron chi connectivity index (χ4n) is 5.55. The molecule has 0 radical (unpaired) electrons. The van der Waals surface area contributed by atoms with Crippen LogP contribution >= 0.6 is 10.8 Å². The van der Waals surface area contributed by atoms with E-state index in [2.05, 4.69) is 16.0 Å². The van der Waals surface area contributed by atoms with Crippen LogP contribution in [-0.4, -0.2) is 63.7 Å². The number of nitrogens with one attached hydrogen (secondary N) is 3. The van der Waals surface area contributed by atoms with Crippen LogP contribution in [0.1, 0.15) is 67.8 Å². The molecule has 2 fully saturated rings. The molecule has 1 aliphatic heterocycles. The summed E-state index contributed by atoms with van der Waals surface area (Å²) in [7, 11) is -3.00. The molecule has 8 nitrogen and oxygen atoms in total. The monoisotopic (exact) mass is 580 g/mol. The summed E-state index contributed by atoms with van der Waals surface area (Å²) in [4.78, 5) is 13.6. The molecule has 40 heavy (non-hydrogen) atoms. The summed E-state index contributed by atoms with van der Waals surface area (Å²) in [5.41, 5.74) is 1.77. The summed E-state index contributed by atoms with van der Waals surface area (Å²) in [6.45, 7) is 3.20. The molecule has 11 heteroatoms. The molecule has 2 atom stereocenters. The Kier molecular flexibility index (Phi) is 10.6. The number of halogens is 2. The van der Waals surface area contributed by atoms with Gasteiger partial charge in [-0.05, 0) is 74.9 Å². The first-order chi connectivity index (χ1) is 19.1. The third-order valence-electron chi connectivity index (χ3n) is 7.61. The van der Waals surface area contributed by atoms with Crippen LogP contribution in [0.3, 0.4) is 0 Å². The van der Waals surface area contributed by atoms with Gasteiger partial charge in [-0.2, -0.15) is 0 Å². The minimum Gasteiger partial charge on any atom is -0.390 e. The Morgan fingerprint density at radius 3 is 2.42 bits per heavy atom. The molecule has 1 saturated heterocycles. The highest BCUT2D eigenvalue weighted by Gasteiger charge is 2.29. The van der Waals surface area contributed by atoms with E-state index < -0.39 is 40.5 Å². The lowest BCUT2D eigenvalue weighted by Crippen LogP contribution is -2.50. The lowest BCUT2D eigenvalue weighted by atomic mass is 9.94.